The fourth-order valence-electron chi connectivity index (χ4n) is 2.50. The smallest absolute Gasteiger partial charge is 0.202 e. The van der Waals surface area contributed by atoms with Gasteiger partial charge in [-0.15, -0.1) is 0 Å². The van der Waals surface area contributed by atoms with E-state index >= 15 is 0 Å². The van der Waals surface area contributed by atoms with Crippen LogP contribution in [0.5, 0.6) is 5.75 Å². The minimum atomic E-state index is -0.504. The topological polar surface area (TPSA) is 58.9 Å². The second-order valence-corrected chi connectivity index (χ2v) is 5.81. The second kappa shape index (κ2) is 6.57. The highest BCUT2D eigenvalue weighted by Crippen LogP contribution is 2.30. The standard InChI is InChI=1S/C16H24O4/c1-10(2)14-5-4-11(3)6-15(14)20-16-8-12(18)7-13(9-17)19-16/h4-6,10,12-13,16-18H,7-9H2,1-3H3. The third-order valence-electron chi connectivity index (χ3n) is 3.60. The second-order valence-electron chi connectivity index (χ2n) is 5.81. The lowest BCUT2D eigenvalue weighted by molar-refractivity contribution is -0.184. The Morgan fingerprint density at radius 2 is 2.10 bits per heavy atom. The molecular formula is C16H24O4. The summed E-state index contributed by atoms with van der Waals surface area (Å²) in [5.41, 5.74) is 2.25. The Morgan fingerprint density at radius 3 is 2.75 bits per heavy atom. The van der Waals surface area contributed by atoms with Crippen LogP contribution in [-0.4, -0.2) is 35.3 Å². The van der Waals surface area contributed by atoms with Gasteiger partial charge >= 0.3 is 0 Å². The Labute approximate surface area is 120 Å². The van der Waals surface area contributed by atoms with Crippen molar-refractivity contribution < 1.29 is 19.7 Å². The zero-order valence-corrected chi connectivity index (χ0v) is 12.4. The molecule has 1 aromatic carbocycles. The van der Waals surface area contributed by atoms with Crippen molar-refractivity contribution in [1.82, 2.24) is 0 Å². The summed E-state index contributed by atoms with van der Waals surface area (Å²) >= 11 is 0. The molecule has 1 aliphatic heterocycles. The van der Waals surface area contributed by atoms with Crippen LogP contribution in [0.3, 0.4) is 0 Å². The van der Waals surface area contributed by atoms with Gasteiger partial charge in [0.2, 0.25) is 6.29 Å². The molecule has 3 unspecified atom stereocenters. The van der Waals surface area contributed by atoms with Crippen molar-refractivity contribution in [3.63, 3.8) is 0 Å². The number of aryl methyl sites for hydroxylation is 1. The van der Waals surface area contributed by atoms with E-state index in [1.807, 2.05) is 13.0 Å². The van der Waals surface area contributed by atoms with E-state index in [2.05, 4.69) is 26.0 Å². The summed E-state index contributed by atoms with van der Waals surface area (Å²) in [4.78, 5) is 0. The first-order chi connectivity index (χ1) is 9.49. The van der Waals surface area contributed by atoms with Crippen LogP contribution in [0.4, 0.5) is 0 Å². The van der Waals surface area contributed by atoms with Gasteiger partial charge in [0.1, 0.15) is 5.75 Å². The summed E-state index contributed by atoms with van der Waals surface area (Å²) in [5.74, 6) is 1.16. The number of hydrogen-bond acceptors (Lipinski definition) is 4. The zero-order chi connectivity index (χ0) is 14.7. The lowest BCUT2D eigenvalue weighted by Crippen LogP contribution is -2.40. The van der Waals surface area contributed by atoms with E-state index in [0.29, 0.717) is 18.8 Å². The summed E-state index contributed by atoms with van der Waals surface area (Å²) in [6, 6.07) is 6.13. The van der Waals surface area contributed by atoms with Gasteiger partial charge in [-0.3, -0.25) is 0 Å². The molecule has 1 fully saturated rings. The van der Waals surface area contributed by atoms with Gasteiger partial charge in [0.25, 0.3) is 0 Å². The van der Waals surface area contributed by atoms with E-state index in [-0.39, 0.29) is 12.7 Å². The molecule has 0 radical (unpaired) electrons. The molecule has 2 rings (SSSR count). The van der Waals surface area contributed by atoms with Crippen molar-refractivity contribution in [3.05, 3.63) is 29.3 Å². The molecule has 0 saturated carbocycles. The number of aliphatic hydroxyl groups is 2. The third kappa shape index (κ3) is 3.72. The molecule has 1 aliphatic rings. The molecule has 0 aromatic heterocycles. The molecule has 2 N–H and O–H groups in total. The average Bonchev–Trinajstić information content (AvgIpc) is 2.37. The van der Waals surface area contributed by atoms with Crippen LogP contribution >= 0.6 is 0 Å². The Kier molecular flexibility index (Phi) is 5.02. The van der Waals surface area contributed by atoms with Crippen LogP contribution in [0.2, 0.25) is 0 Å². The maximum atomic E-state index is 9.82. The highest BCUT2D eigenvalue weighted by Gasteiger charge is 2.29. The zero-order valence-electron chi connectivity index (χ0n) is 12.4. The number of benzene rings is 1. The van der Waals surface area contributed by atoms with Crippen LogP contribution in [0, 0.1) is 6.92 Å². The first-order valence-electron chi connectivity index (χ1n) is 7.21. The van der Waals surface area contributed by atoms with Gasteiger partial charge in [-0.25, -0.2) is 0 Å². The van der Waals surface area contributed by atoms with Crippen LogP contribution in [0.25, 0.3) is 0 Å². The quantitative estimate of drug-likeness (QED) is 0.889. The minimum absolute atomic E-state index is 0.0955. The summed E-state index contributed by atoms with van der Waals surface area (Å²) < 4.78 is 11.6. The summed E-state index contributed by atoms with van der Waals surface area (Å²) in [6.45, 7) is 6.15. The van der Waals surface area contributed by atoms with Crippen LogP contribution < -0.4 is 4.74 Å². The first-order valence-corrected chi connectivity index (χ1v) is 7.21. The molecule has 4 heteroatoms. The number of aliphatic hydroxyl groups excluding tert-OH is 2. The minimum Gasteiger partial charge on any atom is -0.465 e. The fraction of sp³-hybridized carbons (Fsp3) is 0.625. The van der Waals surface area contributed by atoms with E-state index in [9.17, 15) is 10.2 Å². The highest BCUT2D eigenvalue weighted by atomic mass is 16.7. The van der Waals surface area contributed by atoms with Gasteiger partial charge in [-0.1, -0.05) is 26.0 Å². The molecule has 112 valence electrons. The number of ether oxygens (including phenoxy) is 2. The molecule has 20 heavy (non-hydrogen) atoms. The molecule has 1 heterocycles. The van der Waals surface area contributed by atoms with Gasteiger partial charge in [0.15, 0.2) is 0 Å². The third-order valence-corrected chi connectivity index (χ3v) is 3.60. The molecule has 0 amide bonds. The predicted molar refractivity (Wildman–Crippen MR) is 76.9 cm³/mol. The van der Waals surface area contributed by atoms with Gasteiger partial charge < -0.3 is 19.7 Å². The van der Waals surface area contributed by atoms with Gasteiger partial charge in [-0.05, 0) is 30.0 Å². The van der Waals surface area contributed by atoms with Crippen molar-refractivity contribution in [1.29, 1.82) is 0 Å². The molecule has 1 aromatic rings. The molecule has 4 nitrogen and oxygen atoms in total. The van der Waals surface area contributed by atoms with E-state index in [1.165, 1.54) is 0 Å². The first kappa shape index (κ1) is 15.3. The largest absolute Gasteiger partial charge is 0.465 e. The normalized spacial score (nSPS) is 26.8. The van der Waals surface area contributed by atoms with E-state index in [0.717, 1.165) is 16.9 Å². The fourth-order valence-corrected chi connectivity index (χ4v) is 2.50. The van der Waals surface area contributed by atoms with E-state index < -0.39 is 12.4 Å². The number of rotatable bonds is 4. The van der Waals surface area contributed by atoms with Crippen molar-refractivity contribution in [2.45, 2.75) is 58.0 Å². The van der Waals surface area contributed by atoms with Crippen molar-refractivity contribution in [2.24, 2.45) is 0 Å². The SMILES string of the molecule is Cc1ccc(C(C)C)c(OC2CC(O)CC(CO)O2)c1. The Hall–Kier alpha value is -1.10. The summed E-state index contributed by atoms with van der Waals surface area (Å²) in [6.07, 6.45) is -0.451. The van der Waals surface area contributed by atoms with Crippen molar-refractivity contribution in [2.75, 3.05) is 6.61 Å². The number of hydrogen-bond donors (Lipinski definition) is 2. The monoisotopic (exact) mass is 280 g/mol. The van der Waals surface area contributed by atoms with E-state index in [4.69, 9.17) is 9.47 Å². The Morgan fingerprint density at radius 1 is 1.35 bits per heavy atom. The van der Waals surface area contributed by atoms with Crippen molar-refractivity contribution in [3.8, 4) is 5.75 Å². The summed E-state index contributed by atoms with van der Waals surface area (Å²) in [5, 5.41) is 19.0. The Balaban J connectivity index is 2.14. The molecule has 3 atom stereocenters. The molecular weight excluding hydrogens is 256 g/mol. The van der Waals surface area contributed by atoms with Gasteiger partial charge in [0.05, 0.1) is 18.8 Å². The lowest BCUT2D eigenvalue weighted by atomic mass is 10.0. The van der Waals surface area contributed by atoms with E-state index in [1.54, 1.807) is 0 Å². The lowest BCUT2D eigenvalue weighted by Gasteiger charge is -2.33. The molecule has 0 spiro atoms. The maximum absolute atomic E-state index is 9.82. The molecule has 1 saturated heterocycles. The Bertz CT molecular complexity index is 444. The highest BCUT2D eigenvalue weighted by molar-refractivity contribution is 5.39. The maximum Gasteiger partial charge on any atom is 0.202 e. The van der Waals surface area contributed by atoms with Crippen LogP contribution in [0.1, 0.15) is 43.7 Å². The van der Waals surface area contributed by atoms with Crippen molar-refractivity contribution >= 4 is 0 Å². The molecule has 0 bridgehead atoms. The molecule has 0 aliphatic carbocycles. The van der Waals surface area contributed by atoms with Crippen LogP contribution in [-0.2, 0) is 4.74 Å². The average molecular weight is 280 g/mol. The van der Waals surface area contributed by atoms with Gasteiger partial charge in [0, 0.05) is 12.8 Å². The van der Waals surface area contributed by atoms with Crippen LogP contribution in [0.15, 0.2) is 18.2 Å². The predicted octanol–water partition coefficient (Wildman–Crippen LogP) is 2.36. The summed E-state index contributed by atoms with van der Waals surface area (Å²) in [7, 11) is 0. The van der Waals surface area contributed by atoms with Gasteiger partial charge in [-0.2, -0.15) is 0 Å².